The van der Waals surface area contributed by atoms with Crippen molar-refractivity contribution in [1.29, 1.82) is 0 Å². The molecule has 0 spiro atoms. The molecule has 2 N–H and O–H groups in total. The van der Waals surface area contributed by atoms with Gasteiger partial charge in [0.05, 0.1) is 4.90 Å². The molecule has 0 fully saturated rings. The lowest BCUT2D eigenvalue weighted by Crippen LogP contribution is -2.24. The number of hydrogen-bond donors (Lipinski definition) is 2. The standard InChI is InChI=1S/C15H14N2O4S/c1-11-7-9-13(10-8-11)22(20,21)17-16-14(15(18)19)12-5-3-2-4-6-12/h2-10,17H,1H3,(H,18,19)/b16-14-. The van der Waals surface area contributed by atoms with Crippen molar-refractivity contribution in [1.82, 2.24) is 4.83 Å². The van der Waals surface area contributed by atoms with E-state index in [-0.39, 0.29) is 10.6 Å². The summed E-state index contributed by atoms with van der Waals surface area (Å²) in [6.07, 6.45) is 0. The lowest BCUT2D eigenvalue weighted by atomic mass is 10.1. The van der Waals surface area contributed by atoms with Gasteiger partial charge in [0.15, 0.2) is 5.71 Å². The van der Waals surface area contributed by atoms with Crippen LogP contribution in [0.5, 0.6) is 0 Å². The van der Waals surface area contributed by atoms with Gasteiger partial charge in [-0.1, -0.05) is 48.0 Å². The molecular formula is C15H14N2O4S. The number of rotatable bonds is 5. The van der Waals surface area contributed by atoms with Crippen LogP contribution >= 0.6 is 0 Å². The first-order valence-corrected chi connectivity index (χ1v) is 7.83. The van der Waals surface area contributed by atoms with E-state index < -0.39 is 16.0 Å². The quantitative estimate of drug-likeness (QED) is 0.648. The molecule has 2 rings (SSSR count). The van der Waals surface area contributed by atoms with E-state index in [0.29, 0.717) is 5.56 Å². The van der Waals surface area contributed by atoms with Crippen LogP contribution in [0.4, 0.5) is 0 Å². The Morgan fingerprint density at radius 1 is 1.05 bits per heavy atom. The van der Waals surface area contributed by atoms with Crippen molar-refractivity contribution >= 4 is 21.7 Å². The smallest absolute Gasteiger partial charge is 0.356 e. The minimum Gasteiger partial charge on any atom is -0.476 e. The Hall–Kier alpha value is -2.67. The monoisotopic (exact) mass is 318 g/mol. The van der Waals surface area contributed by atoms with Crippen LogP contribution in [0.3, 0.4) is 0 Å². The van der Waals surface area contributed by atoms with E-state index >= 15 is 0 Å². The molecule has 0 heterocycles. The van der Waals surface area contributed by atoms with Crippen molar-refractivity contribution < 1.29 is 18.3 Å². The van der Waals surface area contributed by atoms with E-state index in [4.69, 9.17) is 5.11 Å². The molecule has 0 atom stereocenters. The van der Waals surface area contributed by atoms with Gasteiger partial charge in [-0.15, -0.1) is 0 Å². The highest BCUT2D eigenvalue weighted by Gasteiger charge is 2.16. The number of carboxylic acid groups (broad SMARTS) is 1. The summed E-state index contributed by atoms with van der Waals surface area (Å²) in [5.74, 6) is -1.32. The number of aryl methyl sites for hydroxylation is 1. The average molecular weight is 318 g/mol. The first-order chi connectivity index (χ1) is 10.4. The largest absolute Gasteiger partial charge is 0.476 e. The topological polar surface area (TPSA) is 95.8 Å². The molecule has 0 aromatic heterocycles. The van der Waals surface area contributed by atoms with Crippen LogP contribution in [0.2, 0.25) is 0 Å². The van der Waals surface area contributed by atoms with Gasteiger partial charge in [0.2, 0.25) is 0 Å². The lowest BCUT2D eigenvalue weighted by molar-refractivity contribution is -0.129. The maximum atomic E-state index is 12.1. The fourth-order valence-corrected chi connectivity index (χ4v) is 2.52. The molecule has 0 saturated carbocycles. The molecule has 0 unspecified atom stereocenters. The zero-order valence-corrected chi connectivity index (χ0v) is 12.5. The Balaban J connectivity index is 2.31. The number of carboxylic acids is 1. The summed E-state index contributed by atoms with van der Waals surface area (Å²) in [5, 5.41) is 12.7. The molecule has 2 aromatic rings. The van der Waals surface area contributed by atoms with Gasteiger partial charge in [0.25, 0.3) is 10.0 Å². The Morgan fingerprint density at radius 3 is 2.18 bits per heavy atom. The Kier molecular flexibility index (Phi) is 4.57. The molecule has 114 valence electrons. The van der Waals surface area contributed by atoms with Crippen LogP contribution in [0, 0.1) is 6.92 Å². The Morgan fingerprint density at radius 2 is 1.64 bits per heavy atom. The predicted octanol–water partition coefficient (Wildman–Crippen LogP) is 1.76. The molecule has 0 aliphatic rings. The molecule has 0 aliphatic heterocycles. The van der Waals surface area contributed by atoms with Crippen LogP contribution in [-0.4, -0.2) is 25.2 Å². The van der Waals surface area contributed by atoms with Crippen LogP contribution in [0.1, 0.15) is 11.1 Å². The summed E-state index contributed by atoms with van der Waals surface area (Å²) in [6, 6.07) is 14.2. The second-order valence-corrected chi connectivity index (χ2v) is 6.20. The zero-order valence-electron chi connectivity index (χ0n) is 11.7. The van der Waals surface area contributed by atoms with Crippen molar-refractivity contribution in [3.63, 3.8) is 0 Å². The van der Waals surface area contributed by atoms with Gasteiger partial charge in [-0.25, -0.2) is 4.79 Å². The molecule has 0 amide bonds. The van der Waals surface area contributed by atoms with E-state index in [2.05, 4.69) is 5.10 Å². The molecule has 2 aromatic carbocycles. The summed E-state index contributed by atoms with van der Waals surface area (Å²) in [4.78, 5) is 13.2. The second kappa shape index (κ2) is 6.40. The molecule has 6 nitrogen and oxygen atoms in total. The van der Waals surface area contributed by atoms with E-state index in [9.17, 15) is 13.2 Å². The summed E-state index contributed by atoms with van der Waals surface area (Å²) in [5.41, 5.74) is 0.843. The molecule has 0 bridgehead atoms. The number of nitrogens with zero attached hydrogens (tertiary/aromatic N) is 1. The van der Waals surface area contributed by atoms with Crippen molar-refractivity contribution in [2.75, 3.05) is 0 Å². The third-order valence-electron chi connectivity index (χ3n) is 2.86. The lowest BCUT2D eigenvalue weighted by Gasteiger charge is -2.06. The number of sulfonamides is 1. The van der Waals surface area contributed by atoms with Gasteiger partial charge in [0, 0.05) is 5.56 Å². The van der Waals surface area contributed by atoms with E-state index in [1.807, 2.05) is 11.8 Å². The SMILES string of the molecule is Cc1ccc(S(=O)(=O)N/N=C(\C(=O)O)c2ccccc2)cc1. The van der Waals surface area contributed by atoms with Crippen LogP contribution in [0.25, 0.3) is 0 Å². The highest BCUT2D eigenvalue weighted by molar-refractivity contribution is 7.89. The van der Waals surface area contributed by atoms with E-state index in [1.165, 1.54) is 24.3 Å². The van der Waals surface area contributed by atoms with Crippen LogP contribution in [0.15, 0.2) is 64.6 Å². The maximum absolute atomic E-state index is 12.1. The highest BCUT2D eigenvalue weighted by atomic mass is 32.2. The summed E-state index contributed by atoms with van der Waals surface area (Å²) < 4.78 is 24.2. The molecule has 22 heavy (non-hydrogen) atoms. The summed E-state index contributed by atoms with van der Waals surface area (Å²) in [6.45, 7) is 1.83. The van der Waals surface area contributed by atoms with Crippen molar-refractivity contribution in [2.24, 2.45) is 5.10 Å². The van der Waals surface area contributed by atoms with Gasteiger partial charge in [-0.05, 0) is 19.1 Å². The fraction of sp³-hybridized carbons (Fsp3) is 0.0667. The molecular weight excluding hydrogens is 304 g/mol. The molecule has 7 heteroatoms. The first kappa shape index (κ1) is 15.7. The molecule has 0 saturated heterocycles. The zero-order chi connectivity index (χ0) is 16.2. The minimum absolute atomic E-state index is 0.0136. The van der Waals surface area contributed by atoms with Crippen molar-refractivity contribution in [3.8, 4) is 0 Å². The normalized spacial score (nSPS) is 12.0. The van der Waals surface area contributed by atoms with Crippen molar-refractivity contribution in [3.05, 3.63) is 65.7 Å². The summed E-state index contributed by atoms with van der Waals surface area (Å²) >= 11 is 0. The minimum atomic E-state index is -3.91. The van der Waals surface area contributed by atoms with Gasteiger partial charge >= 0.3 is 5.97 Å². The number of nitrogens with one attached hydrogen (secondary N) is 1. The average Bonchev–Trinajstić information content (AvgIpc) is 2.48. The first-order valence-electron chi connectivity index (χ1n) is 6.35. The van der Waals surface area contributed by atoms with E-state index in [0.717, 1.165) is 5.56 Å². The Bertz CT molecular complexity index is 797. The number of benzene rings is 2. The number of hydrogen-bond acceptors (Lipinski definition) is 4. The maximum Gasteiger partial charge on any atom is 0.356 e. The molecule has 0 aliphatic carbocycles. The third-order valence-corrected chi connectivity index (χ3v) is 4.08. The van der Waals surface area contributed by atoms with Crippen molar-refractivity contribution in [2.45, 2.75) is 11.8 Å². The number of aliphatic carboxylic acids is 1. The Labute approximate surface area is 128 Å². The van der Waals surface area contributed by atoms with E-state index in [1.54, 1.807) is 30.3 Å². The third kappa shape index (κ3) is 3.70. The molecule has 0 radical (unpaired) electrons. The van der Waals surface area contributed by atoms with Crippen LogP contribution < -0.4 is 4.83 Å². The van der Waals surface area contributed by atoms with Gasteiger partial charge < -0.3 is 5.11 Å². The second-order valence-electron chi connectivity index (χ2n) is 4.54. The van der Waals surface area contributed by atoms with Gasteiger partial charge in [-0.3, -0.25) is 0 Å². The number of hydrazone groups is 1. The predicted molar refractivity (Wildman–Crippen MR) is 82.1 cm³/mol. The fourth-order valence-electron chi connectivity index (χ4n) is 1.71. The highest BCUT2D eigenvalue weighted by Crippen LogP contribution is 2.10. The number of carbonyl (C=O) groups is 1. The van der Waals surface area contributed by atoms with Crippen LogP contribution in [-0.2, 0) is 14.8 Å². The van der Waals surface area contributed by atoms with Gasteiger partial charge in [-0.2, -0.15) is 18.4 Å². The summed E-state index contributed by atoms with van der Waals surface area (Å²) in [7, 11) is -3.91. The van der Waals surface area contributed by atoms with Gasteiger partial charge in [0.1, 0.15) is 0 Å².